The zero-order valence-electron chi connectivity index (χ0n) is 28.6. The molecule has 12 rings (SSSR count). The van der Waals surface area contributed by atoms with Crippen molar-refractivity contribution >= 4 is 87.5 Å². The van der Waals surface area contributed by atoms with Gasteiger partial charge in [-0.3, -0.25) is 4.98 Å². The molecule has 7 aromatic carbocycles. The van der Waals surface area contributed by atoms with Gasteiger partial charge in [0.25, 0.3) is 0 Å². The van der Waals surface area contributed by atoms with Gasteiger partial charge < -0.3 is 18.0 Å². The first kappa shape index (κ1) is 29.0. The number of hydrogen-bond acceptors (Lipinski definition) is 4. The molecule has 0 fully saturated rings. The Morgan fingerprint density at radius 1 is 0.463 bits per heavy atom. The summed E-state index contributed by atoms with van der Waals surface area (Å²) >= 11 is 0. The number of pyridine rings is 1. The second kappa shape index (κ2) is 10.7. The summed E-state index contributed by atoms with van der Waals surface area (Å²) < 4.78 is 18.1. The molecule has 0 saturated carbocycles. The van der Waals surface area contributed by atoms with E-state index in [1.807, 2.05) is 54.9 Å². The molecule has 0 spiro atoms. The van der Waals surface area contributed by atoms with Crippen molar-refractivity contribution in [3.63, 3.8) is 0 Å². The molecule has 6 nitrogen and oxygen atoms in total. The lowest BCUT2D eigenvalue weighted by atomic mass is 10.0. The van der Waals surface area contributed by atoms with Gasteiger partial charge in [-0.1, -0.05) is 97.1 Å². The molecule has 0 aliphatic rings. The highest BCUT2D eigenvalue weighted by molar-refractivity contribution is 6.23. The van der Waals surface area contributed by atoms with E-state index in [-0.39, 0.29) is 0 Å². The molecule has 0 aliphatic carbocycles. The minimum atomic E-state index is 0.574. The summed E-state index contributed by atoms with van der Waals surface area (Å²) in [7, 11) is 0. The second-order valence-electron chi connectivity index (χ2n) is 13.8. The van der Waals surface area contributed by atoms with Crippen molar-refractivity contribution in [2.24, 2.45) is 0 Å². The maximum absolute atomic E-state index is 10.2. The topological polar surface area (TPSA) is 72.8 Å². The number of nitrogens with zero attached hydrogens (tertiary/aromatic N) is 4. The number of furan rings is 2. The lowest BCUT2D eigenvalue weighted by Crippen LogP contribution is -2.05. The Morgan fingerprint density at radius 3 is 1.48 bits per heavy atom. The molecule has 0 unspecified atom stereocenters. The van der Waals surface area contributed by atoms with Gasteiger partial charge in [-0.05, 0) is 54.1 Å². The molecule has 0 atom stereocenters. The Bertz CT molecular complexity index is 3380. The number of fused-ring (bicyclic) bond motifs is 14. The summed E-state index contributed by atoms with van der Waals surface area (Å²) in [4.78, 5) is 5.03. The molecule has 0 aliphatic heterocycles. The third-order valence-corrected chi connectivity index (χ3v) is 11.0. The number of benzene rings is 7. The van der Waals surface area contributed by atoms with Crippen LogP contribution in [0.5, 0.6) is 0 Å². The van der Waals surface area contributed by atoms with Crippen LogP contribution in [0, 0.1) is 11.3 Å². The predicted molar refractivity (Wildman–Crippen MR) is 218 cm³/mol. The SMILES string of the molecule is N#Cc1cccc(-c2c(-n3c4ccccc4c4ccc5c6ccccc6oc5c43)cncc2-n2c3ccccc3c3ccc4c5ccccc5oc4c32)c1. The van der Waals surface area contributed by atoms with E-state index in [1.165, 1.54) is 0 Å². The number of aromatic nitrogens is 3. The Kier molecular flexibility index (Phi) is 5.75. The minimum Gasteiger partial charge on any atom is -0.454 e. The third-order valence-electron chi connectivity index (χ3n) is 11.0. The van der Waals surface area contributed by atoms with Gasteiger partial charge >= 0.3 is 0 Å². The summed E-state index contributed by atoms with van der Waals surface area (Å²) in [6.07, 6.45) is 3.88. The van der Waals surface area contributed by atoms with Crippen molar-refractivity contribution in [1.29, 1.82) is 5.26 Å². The highest BCUT2D eigenvalue weighted by atomic mass is 16.3. The summed E-state index contributed by atoms with van der Waals surface area (Å²) in [5.74, 6) is 0. The fourth-order valence-electron chi connectivity index (χ4n) is 8.78. The molecule has 54 heavy (non-hydrogen) atoms. The molecule has 0 amide bonds. The lowest BCUT2D eigenvalue weighted by Gasteiger charge is -2.19. The third kappa shape index (κ3) is 3.79. The van der Waals surface area contributed by atoms with Crippen LogP contribution in [0.1, 0.15) is 5.56 Å². The normalized spacial score (nSPS) is 12.1. The van der Waals surface area contributed by atoms with Crippen molar-refractivity contribution in [1.82, 2.24) is 14.1 Å². The summed E-state index contributed by atoms with van der Waals surface area (Å²) in [5.41, 5.74) is 11.4. The van der Waals surface area contributed by atoms with E-state index in [9.17, 15) is 5.26 Å². The number of para-hydroxylation sites is 4. The molecular formula is C48H26N4O2. The zero-order valence-corrected chi connectivity index (χ0v) is 28.6. The second-order valence-corrected chi connectivity index (χ2v) is 13.8. The predicted octanol–water partition coefficient (Wildman–Crippen LogP) is 12.6. The number of nitriles is 1. The van der Waals surface area contributed by atoms with Crippen molar-refractivity contribution < 1.29 is 8.83 Å². The molecule has 0 saturated heterocycles. The molecule has 5 aromatic heterocycles. The zero-order chi connectivity index (χ0) is 35.5. The van der Waals surface area contributed by atoms with Crippen molar-refractivity contribution in [2.75, 3.05) is 0 Å². The highest BCUT2D eigenvalue weighted by Crippen LogP contribution is 2.46. The smallest absolute Gasteiger partial charge is 0.160 e. The Balaban J connectivity index is 1.29. The molecule has 6 heteroatoms. The van der Waals surface area contributed by atoms with Crippen LogP contribution in [-0.2, 0) is 0 Å². The van der Waals surface area contributed by atoms with E-state index in [0.717, 1.165) is 110 Å². The lowest BCUT2D eigenvalue weighted by molar-refractivity contribution is 0.671. The van der Waals surface area contributed by atoms with Gasteiger partial charge in [0.2, 0.25) is 0 Å². The molecule has 5 heterocycles. The minimum absolute atomic E-state index is 0.574. The quantitative estimate of drug-likeness (QED) is 0.185. The van der Waals surface area contributed by atoms with E-state index in [4.69, 9.17) is 13.8 Å². The summed E-state index contributed by atoms with van der Waals surface area (Å²) in [6, 6.07) is 52.3. The van der Waals surface area contributed by atoms with Crippen LogP contribution < -0.4 is 0 Å². The van der Waals surface area contributed by atoms with E-state index in [2.05, 4.69) is 118 Å². The first-order valence-corrected chi connectivity index (χ1v) is 17.9. The van der Waals surface area contributed by atoms with Gasteiger partial charge in [0.1, 0.15) is 11.2 Å². The number of hydrogen-bond donors (Lipinski definition) is 0. The van der Waals surface area contributed by atoms with E-state index < -0.39 is 0 Å². The van der Waals surface area contributed by atoms with Crippen LogP contribution in [0.3, 0.4) is 0 Å². The first-order chi connectivity index (χ1) is 26.8. The van der Waals surface area contributed by atoms with Crippen LogP contribution in [0.25, 0.3) is 110 Å². The molecule has 250 valence electrons. The Hall–Kier alpha value is -7.62. The average molecular weight is 691 g/mol. The van der Waals surface area contributed by atoms with E-state index in [0.29, 0.717) is 5.56 Å². The standard InChI is InChI=1S/C48H26N4O2/c49-25-28-10-9-11-29(24-28)44-40(51-38-16-5-1-12-30(38)34-20-22-36-32-14-3-7-18-42(32)53-47(36)45(34)51)26-50-27-41(44)52-39-17-6-2-13-31(39)35-21-23-37-33-15-4-8-19-43(33)54-48(37)46(35)52/h1-24,26-27H. The maximum Gasteiger partial charge on any atom is 0.160 e. The first-order valence-electron chi connectivity index (χ1n) is 17.9. The van der Waals surface area contributed by atoms with Gasteiger partial charge in [-0.15, -0.1) is 0 Å². The van der Waals surface area contributed by atoms with Crippen molar-refractivity contribution in [3.8, 4) is 28.6 Å². The molecule has 0 radical (unpaired) electrons. The average Bonchev–Trinajstić information content (AvgIpc) is 3.98. The Labute approximate surface area is 306 Å². The van der Waals surface area contributed by atoms with Crippen molar-refractivity contribution in [2.45, 2.75) is 0 Å². The van der Waals surface area contributed by atoms with Gasteiger partial charge in [0.15, 0.2) is 11.2 Å². The monoisotopic (exact) mass is 690 g/mol. The van der Waals surface area contributed by atoms with Crippen LogP contribution in [0.4, 0.5) is 0 Å². The molecule has 0 bridgehead atoms. The van der Waals surface area contributed by atoms with Gasteiger partial charge in [0, 0.05) is 48.7 Å². The van der Waals surface area contributed by atoms with Crippen molar-refractivity contribution in [3.05, 3.63) is 164 Å². The van der Waals surface area contributed by atoms with Gasteiger partial charge in [-0.25, -0.2) is 0 Å². The fraction of sp³-hybridized carbons (Fsp3) is 0. The summed E-state index contributed by atoms with van der Waals surface area (Å²) in [6.45, 7) is 0. The maximum atomic E-state index is 10.2. The summed E-state index contributed by atoms with van der Waals surface area (Å²) in [5, 5.41) is 18.8. The van der Waals surface area contributed by atoms with Gasteiger partial charge in [0.05, 0.1) is 57.5 Å². The highest BCUT2D eigenvalue weighted by Gasteiger charge is 2.26. The van der Waals surface area contributed by atoms with E-state index in [1.54, 1.807) is 0 Å². The van der Waals surface area contributed by atoms with Crippen LogP contribution >= 0.6 is 0 Å². The number of rotatable bonds is 3. The van der Waals surface area contributed by atoms with E-state index >= 15 is 0 Å². The van der Waals surface area contributed by atoms with Crippen LogP contribution in [0.2, 0.25) is 0 Å². The molecule has 0 N–H and O–H groups in total. The van der Waals surface area contributed by atoms with Gasteiger partial charge in [-0.2, -0.15) is 5.26 Å². The van der Waals surface area contributed by atoms with Crippen LogP contribution in [0.15, 0.2) is 167 Å². The van der Waals surface area contributed by atoms with Crippen LogP contribution in [-0.4, -0.2) is 14.1 Å². The fourth-order valence-corrected chi connectivity index (χ4v) is 8.78. The molecular weight excluding hydrogens is 665 g/mol. The molecule has 12 aromatic rings. The largest absolute Gasteiger partial charge is 0.454 e. The Morgan fingerprint density at radius 2 is 0.944 bits per heavy atom.